The Morgan fingerprint density at radius 2 is 2.08 bits per heavy atom. The second-order valence-corrected chi connectivity index (χ2v) is 6.48. The summed E-state index contributed by atoms with van der Waals surface area (Å²) >= 11 is 0. The lowest BCUT2D eigenvalue weighted by Crippen LogP contribution is -2.36. The molecule has 0 spiro atoms. The molecular weight excluding hydrogens is 335 g/mol. The van der Waals surface area contributed by atoms with Gasteiger partial charge in [0.05, 0.1) is 24.0 Å². The lowest BCUT2D eigenvalue weighted by Gasteiger charge is -2.26. The van der Waals surface area contributed by atoms with Gasteiger partial charge in [-0.05, 0) is 37.0 Å². The molecule has 3 aromatic rings. The average molecular weight is 354 g/mol. The number of phenols is 1. The van der Waals surface area contributed by atoms with Crippen molar-refractivity contribution in [3.05, 3.63) is 36.8 Å². The summed E-state index contributed by atoms with van der Waals surface area (Å²) in [6.45, 7) is 0. The van der Waals surface area contributed by atoms with E-state index in [0.717, 1.165) is 24.0 Å². The van der Waals surface area contributed by atoms with Crippen molar-refractivity contribution in [3.63, 3.8) is 0 Å². The van der Waals surface area contributed by atoms with Gasteiger partial charge >= 0.3 is 0 Å². The number of alkyl halides is 1. The molecule has 0 radical (unpaired) electrons. The fraction of sp³-hybridized carbons (Fsp3) is 0.333. The number of H-pyrrole nitrogens is 1. The van der Waals surface area contributed by atoms with E-state index in [9.17, 15) is 9.50 Å². The largest absolute Gasteiger partial charge is 0.507 e. The highest BCUT2D eigenvalue weighted by Gasteiger charge is 2.31. The number of phenolic OH excluding ortho intramolecular Hbond substituents is 1. The standard InChI is InChI=1S/C18H19FN6O/c1-25(15-4-2-3-14(15)19)17-10-20-18(24-23-17)13-6-5-11(7-16(13)26)12-8-21-22-9-12/h5-10,14-15,26H,2-4H2,1H3,(H,21,22)/t14-,15+/m0/s1. The Balaban J connectivity index is 1.57. The summed E-state index contributed by atoms with van der Waals surface area (Å²) in [4.78, 5) is 6.10. The number of aromatic nitrogens is 5. The van der Waals surface area contributed by atoms with Gasteiger partial charge in [0.15, 0.2) is 11.6 Å². The number of hydrogen-bond acceptors (Lipinski definition) is 6. The van der Waals surface area contributed by atoms with Crippen LogP contribution in [0.5, 0.6) is 5.75 Å². The highest BCUT2D eigenvalue weighted by Crippen LogP contribution is 2.32. The van der Waals surface area contributed by atoms with E-state index in [1.54, 1.807) is 35.6 Å². The molecule has 134 valence electrons. The zero-order valence-electron chi connectivity index (χ0n) is 14.3. The Bertz CT molecular complexity index is 883. The van der Waals surface area contributed by atoms with Crippen LogP contribution in [0.15, 0.2) is 36.8 Å². The first kappa shape index (κ1) is 16.4. The molecular formula is C18H19FN6O. The molecule has 0 aliphatic heterocycles. The first-order valence-electron chi connectivity index (χ1n) is 8.52. The van der Waals surface area contributed by atoms with Crippen LogP contribution < -0.4 is 4.90 Å². The van der Waals surface area contributed by atoms with Crippen LogP contribution in [0.4, 0.5) is 10.2 Å². The van der Waals surface area contributed by atoms with E-state index in [4.69, 9.17) is 0 Å². The number of aromatic hydroxyl groups is 1. The molecule has 1 aliphatic rings. The van der Waals surface area contributed by atoms with E-state index in [-0.39, 0.29) is 11.8 Å². The third-order valence-corrected chi connectivity index (χ3v) is 4.88. The van der Waals surface area contributed by atoms with Gasteiger partial charge < -0.3 is 10.0 Å². The number of anilines is 1. The Hall–Kier alpha value is -3.03. The van der Waals surface area contributed by atoms with Gasteiger partial charge in [0.2, 0.25) is 0 Å². The average Bonchev–Trinajstić information content (AvgIpc) is 3.33. The molecule has 1 fully saturated rings. The van der Waals surface area contributed by atoms with Crippen molar-refractivity contribution in [2.45, 2.75) is 31.5 Å². The first-order valence-corrected chi connectivity index (χ1v) is 8.52. The van der Waals surface area contributed by atoms with Crippen molar-refractivity contribution in [1.82, 2.24) is 25.4 Å². The van der Waals surface area contributed by atoms with Crippen LogP contribution >= 0.6 is 0 Å². The van der Waals surface area contributed by atoms with E-state index in [1.165, 1.54) is 0 Å². The number of aromatic amines is 1. The van der Waals surface area contributed by atoms with Gasteiger partial charge in [0.1, 0.15) is 11.9 Å². The maximum Gasteiger partial charge on any atom is 0.185 e. The van der Waals surface area contributed by atoms with Crippen LogP contribution in [0.1, 0.15) is 19.3 Å². The van der Waals surface area contributed by atoms with Gasteiger partial charge in [0.25, 0.3) is 0 Å². The minimum atomic E-state index is -0.846. The summed E-state index contributed by atoms with van der Waals surface area (Å²) in [6.07, 6.45) is 6.42. The first-order chi connectivity index (χ1) is 12.6. The number of rotatable bonds is 4. The third-order valence-electron chi connectivity index (χ3n) is 4.88. The molecule has 26 heavy (non-hydrogen) atoms. The minimum Gasteiger partial charge on any atom is -0.507 e. The topological polar surface area (TPSA) is 90.8 Å². The maximum absolute atomic E-state index is 13.9. The molecule has 7 nitrogen and oxygen atoms in total. The number of halogens is 1. The normalized spacial score (nSPS) is 19.6. The van der Waals surface area contributed by atoms with Crippen LogP contribution in [0.25, 0.3) is 22.5 Å². The van der Waals surface area contributed by atoms with Crippen LogP contribution in [0, 0.1) is 0 Å². The SMILES string of the molecule is CN(c1cnc(-c2ccc(-c3cn[nH]c3)cc2O)nn1)[C@@H]1CCC[C@@H]1F. The smallest absolute Gasteiger partial charge is 0.185 e. The van der Waals surface area contributed by atoms with Gasteiger partial charge in [-0.15, -0.1) is 10.2 Å². The van der Waals surface area contributed by atoms with Crippen molar-refractivity contribution >= 4 is 5.82 Å². The van der Waals surface area contributed by atoms with Crippen LogP contribution in [-0.4, -0.2) is 49.7 Å². The molecule has 1 aromatic carbocycles. The lowest BCUT2D eigenvalue weighted by molar-refractivity contribution is 0.306. The molecule has 0 bridgehead atoms. The quantitative estimate of drug-likeness (QED) is 0.748. The summed E-state index contributed by atoms with van der Waals surface area (Å²) in [5.41, 5.74) is 2.20. The van der Waals surface area contributed by atoms with E-state index >= 15 is 0 Å². The monoisotopic (exact) mass is 354 g/mol. The van der Waals surface area contributed by atoms with Crippen molar-refractivity contribution in [3.8, 4) is 28.3 Å². The van der Waals surface area contributed by atoms with Crippen LogP contribution in [0.3, 0.4) is 0 Å². The van der Waals surface area contributed by atoms with Crippen molar-refractivity contribution < 1.29 is 9.50 Å². The van der Waals surface area contributed by atoms with E-state index < -0.39 is 6.17 Å². The van der Waals surface area contributed by atoms with E-state index in [2.05, 4.69) is 25.4 Å². The van der Waals surface area contributed by atoms with Gasteiger partial charge in [-0.3, -0.25) is 5.10 Å². The summed E-state index contributed by atoms with van der Waals surface area (Å²) < 4.78 is 13.9. The zero-order chi connectivity index (χ0) is 18.1. The molecule has 0 amide bonds. The van der Waals surface area contributed by atoms with E-state index in [1.807, 2.05) is 13.1 Å². The molecule has 4 rings (SSSR count). The van der Waals surface area contributed by atoms with Gasteiger partial charge in [-0.2, -0.15) is 5.10 Å². The predicted octanol–water partition coefficient (Wildman–Crippen LogP) is 2.96. The Morgan fingerprint density at radius 1 is 1.19 bits per heavy atom. The predicted molar refractivity (Wildman–Crippen MR) is 95.4 cm³/mol. The summed E-state index contributed by atoms with van der Waals surface area (Å²) in [7, 11) is 1.81. The van der Waals surface area contributed by atoms with Crippen molar-refractivity contribution in [1.29, 1.82) is 0 Å². The van der Waals surface area contributed by atoms with Crippen LogP contribution in [-0.2, 0) is 0 Å². The van der Waals surface area contributed by atoms with Gasteiger partial charge in [-0.25, -0.2) is 9.37 Å². The maximum atomic E-state index is 13.9. The number of hydrogen-bond donors (Lipinski definition) is 2. The van der Waals surface area contributed by atoms with E-state index in [0.29, 0.717) is 23.6 Å². The molecule has 2 heterocycles. The number of benzene rings is 1. The Kier molecular flexibility index (Phi) is 4.24. The Morgan fingerprint density at radius 3 is 2.69 bits per heavy atom. The number of nitrogens with zero attached hydrogens (tertiary/aromatic N) is 5. The molecule has 0 saturated heterocycles. The molecule has 2 N–H and O–H groups in total. The molecule has 8 heteroatoms. The summed E-state index contributed by atoms with van der Waals surface area (Å²) in [5, 5.41) is 25.3. The second kappa shape index (κ2) is 6.70. The molecule has 1 aliphatic carbocycles. The molecule has 2 atom stereocenters. The summed E-state index contributed by atoms with van der Waals surface area (Å²) in [6, 6.07) is 5.05. The van der Waals surface area contributed by atoms with Crippen molar-refractivity contribution in [2.75, 3.05) is 11.9 Å². The molecule has 2 aromatic heterocycles. The fourth-order valence-corrected chi connectivity index (χ4v) is 3.36. The minimum absolute atomic E-state index is 0.0613. The lowest BCUT2D eigenvalue weighted by atomic mass is 10.1. The van der Waals surface area contributed by atoms with Gasteiger partial charge in [-0.1, -0.05) is 6.07 Å². The van der Waals surface area contributed by atoms with Crippen LogP contribution in [0.2, 0.25) is 0 Å². The fourth-order valence-electron chi connectivity index (χ4n) is 3.36. The molecule has 0 unspecified atom stereocenters. The Labute approximate surface area is 149 Å². The zero-order valence-corrected chi connectivity index (χ0v) is 14.3. The van der Waals surface area contributed by atoms with Crippen molar-refractivity contribution in [2.24, 2.45) is 0 Å². The highest BCUT2D eigenvalue weighted by atomic mass is 19.1. The molecule has 1 saturated carbocycles. The summed E-state index contributed by atoms with van der Waals surface area (Å²) in [5.74, 6) is 0.908. The third kappa shape index (κ3) is 2.98. The second-order valence-electron chi connectivity index (χ2n) is 6.48. The van der Waals surface area contributed by atoms with Gasteiger partial charge in [0, 0.05) is 18.8 Å². The number of nitrogens with one attached hydrogen (secondary N) is 1. The highest BCUT2D eigenvalue weighted by molar-refractivity contribution is 5.72.